The smallest absolute Gasteiger partial charge is 1.00 e. The van der Waals surface area contributed by atoms with E-state index < -0.39 is 6.10 Å². The van der Waals surface area contributed by atoms with Crippen molar-refractivity contribution in [2.45, 2.75) is 51.7 Å². The largest absolute Gasteiger partial charge is 2.00 e. The summed E-state index contributed by atoms with van der Waals surface area (Å²) in [4.78, 5) is 0. The summed E-state index contributed by atoms with van der Waals surface area (Å²) < 4.78 is 0. The van der Waals surface area contributed by atoms with Gasteiger partial charge >= 0.3 is 21.7 Å². The number of aliphatic hydroxyl groups excluding tert-OH is 2. The number of hydrogen-bond donors (Lipinski definition) is 3. The van der Waals surface area contributed by atoms with Crippen LogP contribution in [-0.2, 0) is 21.7 Å². The van der Waals surface area contributed by atoms with E-state index in [1.54, 1.807) is 0 Å². The van der Waals surface area contributed by atoms with Gasteiger partial charge in [0.25, 0.3) is 0 Å². The van der Waals surface area contributed by atoms with Gasteiger partial charge in [-0.15, -0.1) is 0 Å². The summed E-state index contributed by atoms with van der Waals surface area (Å²) >= 11 is 0. The van der Waals surface area contributed by atoms with Crippen molar-refractivity contribution in [2.75, 3.05) is 6.61 Å². The van der Waals surface area contributed by atoms with Crippen LogP contribution in [0.1, 0.15) is 40.0 Å². The van der Waals surface area contributed by atoms with Crippen molar-refractivity contribution in [3.8, 4) is 0 Å². The van der Waals surface area contributed by atoms with Gasteiger partial charge in [0.2, 0.25) is 0 Å². The number of aliphatic hydroxyl groups is 2. The van der Waals surface area contributed by atoms with E-state index in [2.05, 4.69) is 18.2 Å². The first-order valence-electron chi connectivity index (χ1n) is 6.77. The van der Waals surface area contributed by atoms with Crippen LogP contribution < -0.4 is 30.5 Å². The molecule has 0 spiro atoms. The Bertz CT molecular complexity index is 324. The Morgan fingerprint density at radius 3 is 2.29 bits per heavy atom. The summed E-state index contributed by atoms with van der Waals surface area (Å²) in [5, 5.41) is 18.5. The molecule has 0 heterocycles. The topological polar surface area (TPSA) is 66.5 Å². The van der Waals surface area contributed by atoms with Crippen molar-refractivity contribution in [1.82, 2.24) is 0 Å². The molecule has 0 saturated heterocycles. The Kier molecular flexibility index (Phi) is 15.3. The zero-order valence-corrected chi connectivity index (χ0v) is 16.1. The third-order valence-corrected chi connectivity index (χ3v) is 3.22. The van der Waals surface area contributed by atoms with Gasteiger partial charge in [0, 0.05) is 11.5 Å². The Morgan fingerprint density at radius 1 is 1.29 bits per heavy atom. The number of halogens is 2. The van der Waals surface area contributed by atoms with E-state index in [0.717, 1.165) is 19.3 Å². The maximum atomic E-state index is 9.58. The van der Waals surface area contributed by atoms with Gasteiger partial charge in [-0.1, -0.05) is 23.8 Å². The van der Waals surface area contributed by atoms with Crippen molar-refractivity contribution >= 4 is 0 Å². The van der Waals surface area contributed by atoms with Crippen LogP contribution in [0.5, 0.6) is 0 Å². The molecule has 0 radical (unpaired) electrons. The second kappa shape index (κ2) is 12.1. The fraction of sp³-hybridized carbons (Fsp3) is 0.733. The molecule has 0 aromatic heterocycles. The Morgan fingerprint density at radius 2 is 1.81 bits per heavy atom. The van der Waals surface area contributed by atoms with Crippen LogP contribution in [0.25, 0.3) is 0 Å². The number of hydrogen-bond acceptors (Lipinski definition) is 3. The molecule has 1 saturated carbocycles. The second-order valence-electron chi connectivity index (χ2n) is 6.33. The molecule has 2 aliphatic carbocycles. The zero-order chi connectivity index (χ0) is 13.8. The van der Waals surface area contributed by atoms with Gasteiger partial charge in [-0.3, -0.25) is 0 Å². The van der Waals surface area contributed by atoms with E-state index in [-0.39, 0.29) is 64.6 Å². The quantitative estimate of drug-likeness (QED) is 0.433. The molecule has 3 unspecified atom stereocenters. The molecule has 4 N–H and O–H groups in total. The zero-order valence-electron chi connectivity index (χ0n) is 13.0. The predicted octanol–water partition coefficient (Wildman–Crippen LogP) is -4.00. The number of nitrogens with two attached hydrogens (primary N) is 1. The first-order chi connectivity index (χ1) is 8.33. The number of fused-ring (bicyclic) bond motifs is 1. The summed E-state index contributed by atoms with van der Waals surface area (Å²) in [5.41, 5.74) is 6.71. The molecule has 0 amide bonds. The maximum absolute atomic E-state index is 9.58. The van der Waals surface area contributed by atoms with Crippen LogP contribution in [0.15, 0.2) is 23.8 Å². The molecular weight excluding hydrogens is 345 g/mol. The molecule has 0 aliphatic heterocycles. The first-order valence-corrected chi connectivity index (χ1v) is 6.77. The molecule has 0 aromatic carbocycles. The van der Waals surface area contributed by atoms with Crippen LogP contribution in [0.3, 0.4) is 0 Å². The summed E-state index contributed by atoms with van der Waals surface area (Å²) in [6.07, 6.45) is 9.11. The van der Waals surface area contributed by atoms with E-state index in [9.17, 15) is 5.11 Å². The monoisotopic (exact) mass is 371 g/mol. The van der Waals surface area contributed by atoms with Crippen molar-refractivity contribution < 1.29 is 56.7 Å². The molecule has 21 heavy (non-hydrogen) atoms. The third kappa shape index (κ3) is 10.1. The van der Waals surface area contributed by atoms with Crippen LogP contribution in [0.2, 0.25) is 0 Å². The van der Waals surface area contributed by atoms with Crippen molar-refractivity contribution in [2.24, 2.45) is 17.6 Å². The van der Waals surface area contributed by atoms with E-state index in [4.69, 9.17) is 10.8 Å². The van der Waals surface area contributed by atoms with Gasteiger partial charge in [0.1, 0.15) is 0 Å². The molecule has 0 bridgehead atoms. The van der Waals surface area contributed by atoms with Crippen LogP contribution in [0.4, 0.5) is 0 Å². The molecule has 122 valence electrons. The summed E-state index contributed by atoms with van der Waals surface area (Å²) in [7, 11) is 0. The fourth-order valence-electron chi connectivity index (χ4n) is 2.49. The summed E-state index contributed by atoms with van der Waals surface area (Å²) in [6, 6.07) is 0. The number of rotatable bonds is 2. The fourth-order valence-corrected chi connectivity index (χ4v) is 2.49. The molecular formula is C15H27Cl2NO2Ti. The van der Waals surface area contributed by atoms with E-state index >= 15 is 0 Å². The van der Waals surface area contributed by atoms with E-state index in [1.165, 1.54) is 5.57 Å². The summed E-state index contributed by atoms with van der Waals surface area (Å²) in [6.45, 7) is 5.78. The molecule has 2 aliphatic rings. The molecule has 1 fully saturated rings. The van der Waals surface area contributed by atoms with Crippen molar-refractivity contribution in [3.05, 3.63) is 23.8 Å². The minimum atomic E-state index is -0.553. The van der Waals surface area contributed by atoms with Crippen LogP contribution in [0, 0.1) is 11.8 Å². The second-order valence-corrected chi connectivity index (χ2v) is 6.33. The van der Waals surface area contributed by atoms with Gasteiger partial charge in [-0.25, -0.2) is 0 Å². The summed E-state index contributed by atoms with van der Waals surface area (Å²) in [5.74, 6) is 0.844. The average molecular weight is 372 g/mol. The van der Waals surface area contributed by atoms with E-state index in [1.807, 2.05) is 20.8 Å². The van der Waals surface area contributed by atoms with Gasteiger partial charge in [0.05, 0.1) is 12.7 Å². The third-order valence-electron chi connectivity index (χ3n) is 3.22. The number of allylic oxidation sites excluding steroid dienone is 3. The molecule has 3 atom stereocenters. The Labute approximate surface area is 156 Å². The van der Waals surface area contributed by atoms with Gasteiger partial charge in [0.15, 0.2) is 0 Å². The maximum Gasteiger partial charge on any atom is 2.00 e. The normalized spacial score (nSPS) is 24.0. The van der Waals surface area contributed by atoms with Gasteiger partial charge < -0.3 is 40.8 Å². The Hall–Kier alpha value is 0.654. The molecule has 2 rings (SSSR count). The Balaban J connectivity index is -0.000000360. The minimum absolute atomic E-state index is 0. The standard InChI is InChI=1S/C11H16O2.C4H11N.2ClH.Ti/c12-7-11(13)10-6-5-8-3-1-2-4-9(8)10;1-4(2,3)5;;;/h1-2,4,8,10-13H,3,5-7H2;5H2,1-3H3;2*1H;/q;;;;+2/p-2. The van der Waals surface area contributed by atoms with Crippen molar-refractivity contribution in [3.63, 3.8) is 0 Å². The SMILES string of the molecule is CC(C)(C)N.OCC(O)C1CCC2CC=CC=C21.[Cl-].[Cl-].[Ti+2]. The predicted molar refractivity (Wildman–Crippen MR) is 75.1 cm³/mol. The van der Waals surface area contributed by atoms with Gasteiger partial charge in [-0.2, -0.15) is 0 Å². The molecule has 3 nitrogen and oxygen atoms in total. The van der Waals surface area contributed by atoms with Crippen molar-refractivity contribution in [1.29, 1.82) is 0 Å². The van der Waals surface area contributed by atoms with Crippen LogP contribution in [-0.4, -0.2) is 28.5 Å². The first kappa shape index (κ1) is 26.5. The molecule has 6 heteroatoms. The average Bonchev–Trinajstić information content (AvgIpc) is 2.69. The van der Waals surface area contributed by atoms with Gasteiger partial charge in [-0.05, 0) is 46.0 Å². The minimum Gasteiger partial charge on any atom is -1.00 e. The van der Waals surface area contributed by atoms with E-state index in [0.29, 0.717) is 5.92 Å². The van der Waals surface area contributed by atoms with Crippen LogP contribution >= 0.6 is 0 Å². The molecule has 0 aromatic rings.